The van der Waals surface area contributed by atoms with Crippen molar-refractivity contribution in [3.63, 3.8) is 0 Å². The standard InChI is InChI=1S/C13H19ClFNO/c1-13(2,3)12(17)9(7-16)8-5-4-6-10(14)11(8)15/h4-6,9,12,17H,7,16H2,1-3H3. The van der Waals surface area contributed by atoms with E-state index in [0.29, 0.717) is 5.56 Å². The van der Waals surface area contributed by atoms with Gasteiger partial charge < -0.3 is 10.8 Å². The van der Waals surface area contributed by atoms with E-state index in [2.05, 4.69) is 0 Å². The summed E-state index contributed by atoms with van der Waals surface area (Å²) in [4.78, 5) is 0. The molecule has 0 fully saturated rings. The number of aliphatic hydroxyl groups excluding tert-OH is 1. The normalized spacial score (nSPS) is 15.7. The fourth-order valence-corrected chi connectivity index (χ4v) is 2.02. The largest absolute Gasteiger partial charge is 0.392 e. The average molecular weight is 260 g/mol. The third-order valence-electron chi connectivity index (χ3n) is 2.90. The van der Waals surface area contributed by atoms with E-state index in [9.17, 15) is 9.50 Å². The molecule has 0 amide bonds. The van der Waals surface area contributed by atoms with Crippen molar-refractivity contribution in [1.82, 2.24) is 0 Å². The van der Waals surface area contributed by atoms with Gasteiger partial charge >= 0.3 is 0 Å². The van der Waals surface area contributed by atoms with Crippen LogP contribution in [-0.2, 0) is 0 Å². The van der Waals surface area contributed by atoms with Gasteiger partial charge in [0.2, 0.25) is 0 Å². The zero-order valence-electron chi connectivity index (χ0n) is 10.4. The van der Waals surface area contributed by atoms with Gasteiger partial charge in [0, 0.05) is 12.5 Å². The van der Waals surface area contributed by atoms with Crippen LogP contribution in [0.4, 0.5) is 4.39 Å². The lowest BCUT2D eigenvalue weighted by Crippen LogP contribution is -2.36. The highest BCUT2D eigenvalue weighted by Gasteiger charge is 2.32. The van der Waals surface area contributed by atoms with Crippen LogP contribution in [0, 0.1) is 11.2 Å². The van der Waals surface area contributed by atoms with E-state index >= 15 is 0 Å². The highest BCUT2D eigenvalue weighted by molar-refractivity contribution is 6.30. The van der Waals surface area contributed by atoms with Crippen LogP contribution in [0.3, 0.4) is 0 Å². The molecule has 0 heterocycles. The van der Waals surface area contributed by atoms with Crippen molar-refractivity contribution < 1.29 is 9.50 Å². The third kappa shape index (κ3) is 3.18. The van der Waals surface area contributed by atoms with Gasteiger partial charge in [0.25, 0.3) is 0 Å². The van der Waals surface area contributed by atoms with E-state index in [1.54, 1.807) is 12.1 Å². The lowest BCUT2D eigenvalue weighted by atomic mass is 9.78. The molecule has 3 N–H and O–H groups in total. The molecule has 1 aromatic carbocycles. The third-order valence-corrected chi connectivity index (χ3v) is 3.20. The van der Waals surface area contributed by atoms with Crippen LogP contribution < -0.4 is 5.73 Å². The Morgan fingerprint density at radius 3 is 2.47 bits per heavy atom. The molecule has 2 unspecified atom stereocenters. The molecular weight excluding hydrogens is 241 g/mol. The molecule has 0 radical (unpaired) electrons. The molecule has 17 heavy (non-hydrogen) atoms. The number of halogens is 2. The minimum absolute atomic E-state index is 0.0575. The quantitative estimate of drug-likeness (QED) is 0.877. The van der Waals surface area contributed by atoms with E-state index in [0.717, 1.165) is 0 Å². The van der Waals surface area contributed by atoms with Gasteiger partial charge in [-0.05, 0) is 17.0 Å². The van der Waals surface area contributed by atoms with E-state index in [4.69, 9.17) is 17.3 Å². The summed E-state index contributed by atoms with van der Waals surface area (Å²) in [5.41, 5.74) is 5.67. The number of rotatable bonds is 3. The van der Waals surface area contributed by atoms with Crippen LogP contribution in [0.1, 0.15) is 32.3 Å². The summed E-state index contributed by atoms with van der Waals surface area (Å²) >= 11 is 5.74. The topological polar surface area (TPSA) is 46.2 Å². The fourth-order valence-electron chi connectivity index (χ4n) is 1.84. The molecule has 0 aromatic heterocycles. The predicted molar refractivity (Wildman–Crippen MR) is 68.7 cm³/mol. The van der Waals surface area contributed by atoms with Crippen molar-refractivity contribution in [2.75, 3.05) is 6.54 Å². The van der Waals surface area contributed by atoms with Crippen molar-refractivity contribution in [2.45, 2.75) is 32.8 Å². The fraction of sp³-hybridized carbons (Fsp3) is 0.538. The molecular formula is C13H19ClFNO. The van der Waals surface area contributed by atoms with Gasteiger partial charge in [0.05, 0.1) is 11.1 Å². The van der Waals surface area contributed by atoms with E-state index < -0.39 is 17.8 Å². The summed E-state index contributed by atoms with van der Waals surface area (Å²) in [6, 6.07) is 4.77. The van der Waals surface area contributed by atoms with Crippen molar-refractivity contribution in [3.05, 3.63) is 34.6 Å². The highest BCUT2D eigenvalue weighted by atomic mass is 35.5. The number of hydrogen-bond acceptors (Lipinski definition) is 2. The smallest absolute Gasteiger partial charge is 0.145 e. The molecule has 0 saturated carbocycles. The molecule has 0 aliphatic heterocycles. The summed E-state index contributed by atoms with van der Waals surface area (Å²) < 4.78 is 13.9. The van der Waals surface area contributed by atoms with Crippen molar-refractivity contribution in [2.24, 2.45) is 11.1 Å². The zero-order chi connectivity index (χ0) is 13.2. The van der Waals surface area contributed by atoms with E-state index in [1.165, 1.54) is 6.07 Å². The maximum Gasteiger partial charge on any atom is 0.145 e. The number of aliphatic hydroxyl groups is 1. The maximum atomic E-state index is 13.9. The average Bonchev–Trinajstić information content (AvgIpc) is 2.23. The maximum absolute atomic E-state index is 13.9. The Morgan fingerprint density at radius 1 is 1.41 bits per heavy atom. The van der Waals surface area contributed by atoms with Crippen LogP contribution in [0.2, 0.25) is 5.02 Å². The van der Waals surface area contributed by atoms with Gasteiger partial charge in [-0.3, -0.25) is 0 Å². The Morgan fingerprint density at radius 2 is 2.00 bits per heavy atom. The Kier molecular flexibility index (Phi) is 4.53. The van der Waals surface area contributed by atoms with Crippen LogP contribution >= 0.6 is 11.6 Å². The summed E-state index contributed by atoms with van der Waals surface area (Å²) in [5, 5.41) is 10.3. The molecule has 0 spiro atoms. The second-order valence-electron chi connectivity index (χ2n) is 5.30. The first-order chi connectivity index (χ1) is 7.79. The first kappa shape index (κ1) is 14.4. The first-order valence-corrected chi connectivity index (χ1v) is 5.99. The van der Waals surface area contributed by atoms with Crippen molar-refractivity contribution >= 4 is 11.6 Å². The molecule has 0 bridgehead atoms. The Labute approximate surface area is 107 Å². The summed E-state index contributed by atoms with van der Waals surface area (Å²) in [6.45, 7) is 5.85. The van der Waals surface area contributed by atoms with Gasteiger partial charge in [-0.2, -0.15) is 0 Å². The highest BCUT2D eigenvalue weighted by Crippen LogP contribution is 2.33. The van der Waals surface area contributed by atoms with Crippen molar-refractivity contribution in [1.29, 1.82) is 0 Å². The molecule has 96 valence electrons. The van der Waals surface area contributed by atoms with E-state index in [1.807, 2.05) is 20.8 Å². The second-order valence-corrected chi connectivity index (χ2v) is 5.70. The van der Waals surface area contributed by atoms with Gasteiger partial charge in [-0.15, -0.1) is 0 Å². The summed E-state index contributed by atoms with van der Waals surface area (Å²) in [6.07, 6.45) is -0.722. The van der Waals surface area contributed by atoms with Gasteiger partial charge in [-0.1, -0.05) is 44.5 Å². The monoisotopic (exact) mass is 259 g/mol. The minimum atomic E-state index is -0.722. The molecule has 2 nitrogen and oxygen atoms in total. The van der Waals surface area contributed by atoms with Gasteiger partial charge in [0.15, 0.2) is 0 Å². The van der Waals surface area contributed by atoms with Crippen LogP contribution in [0.15, 0.2) is 18.2 Å². The Balaban J connectivity index is 3.14. The van der Waals surface area contributed by atoms with E-state index in [-0.39, 0.29) is 17.0 Å². The molecule has 1 aromatic rings. The minimum Gasteiger partial charge on any atom is -0.392 e. The predicted octanol–water partition coefficient (Wildman–Crippen LogP) is 2.93. The van der Waals surface area contributed by atoms with Crippen LogP contribution in [-0.4, -0.2) is 17.8 Å². The Bertz CT molecular complexity index is 389. The molecule has 0 aliphatic rings. The number of benzene rings is 1. The summed E-state index contributed by atoms with van der Waals surface area (Å²) in [5.74, 6) is -0.943. The van der Waals surface area contributed by atoms with Crippen molar-refractivity contribution in [3.8, 4) is 0 Å². The molecule has 1 rings (SSSR count). The molecule has 0 saturated heterocycles. The lowest BCUT2D eigenvalue weighted by molar-refractivity contribution is 0.0398. The molecule has 2 atom stereocenters. The van der Waals surface area contributed by atoms with Crippen LogP contribution in [0.5, 0.6) is 0 Å². The lowest BCUT2D eigenvalue weighted by Gasteiger charge is -2.33. The van der Waals surface area contributed by atoms with Gasteiger partial charge in [-0.25, -0.2) is 4.39 Å². The Hall–Kier alpha value is -0.640. The zero-order valence-corrected chi connectivity index (χ0v) is 11.1. The number of nitrogens with two attached hydrogens (primary N) is 1. The first-order valence-electron chi connectivity index (χ1n) is 5.61. The molecule has 0 aliphatic carbocycles. The molecule has 4 heteroatoms. The second kappa shape index (κ2) is 5.34. The number of hydrogen-bond donors (Lipinski definition) is 2. The van der Waals surface area contributed by atoms with Gasteiger partial charge in [0.1, 0.15) is 5.82 Å². The summed E-state index contributed by atoms with van der Waals surface area (Å²) in [7, 11) is 0. The SMILES string of the molecule is CC(C)(C)C(O)C(CN)c1cccc(Cl)c1F. The van der Waals surface area contributed by atoms with Crippen LogP contribution in [0.25, 0.3) is 0 Å².